The number of aromatic nitrogens is 3. The Morgan fingerprint density at radius 2 is 2.04 bits per heavy atom. The van der Waals surface area contributed by atoms with Crippen LogP contribution in [0.25, 0.3) is 0 Å². The van der Waals surface area contributed by atoms with Gasteiger partial charge in [-0.05, 0) is 0 Å². The number of nitro groups is 1. The predicted molar refractivity (Wildman–Crippen MR) is 94.5 cm³/mol. The van der Waals surface area contributed by atoms with Crippen LogP contribution in [0.5, 0.6) is 0 Å². The Labute approximate surface area is 154 Å². The fraction of sp³-hybridized carbons (Fsp3) is 0.375. The summed E-state index contributed by atoms with van der Waals surface area (Å²) in [4.78, 5) is 47.1. The van der Waals surface area contributed by atoms with Crippen LogP contribution in [0.2, 0.25) is 0 Å². The molecule has 0 aliphatic carbocycles. The highest BCUT2D eigenvalue weighted by atomic mass is 16.6. The predicted octanol–water partition coefficient (Wildman–Crippen LogP) is 0.113. The van der Waals surface area contributed by atoms with Gasteiger partial charge in [0.2, 0.25) is 0 Å². The number of rotatable bonds is 5. The number of anilines is 1. The summed E-state index contributed by atoms with van der Waals surface area (Å²) in [6.07, 6.45) is 6.05. The molecule has 11 nitrogen and oxygen atoms in total. The molecule has 1 saturated heterocycles. The Balaban J connectivity index is 1.76. The van der Waals surface area contributed by atoms with Gasteiger partial charge in [0.1, 0.15) is 11.4 Å². The first kappa shape index (κ1) is 18.5. The molecule has 2 aromatic heterocycles. The maximum absolute atomic E-state index is 12.5. The van der Waals surface area contributed by atoms with E-state index in [1.807, 2.05) is 4.90 Å². The third-order valence-electron chi connectivity index (χ3n) is 4.29. The van der Waals surface area contributed by atoms with Crippen molar-refractivity contribution in [1.82, 2.24) is 19.4 Å². The van der Waals surface area contributed by atoms with Gasteiger partial charge < -0.3 is 9.64 Å². The summed E-state index contributed by atoms with van der Waals surface area (Å²) in [7, 11) is 1.12. The fourth-order valence-electron chi connectivity index (χ4n) is 2.87. The van der Waals surface area contributed by atoms with Gasteiger partial charge in [-0.1, -0.05) is 0 Å². The second-order valence-corrected chi connectivity index (χ2v) is 5.95. The van der Waals surface area contributed by atoms with Gasteiger partial charge in [0.15, 0.2) is 0 Å². The molecule has 0 N–H and O–H groups in total. The minimum Gasteiger partial charge on any atom is -0.465 e. The molecule has 142 valence electrons. The van der Waals surface area contributed by atoms with Crippen molar-refractivity contribution in [3.8, 4) is 0 Å². The quantitative estimate of drug-likeness (QED) is 0.407. The zero-order valence-electron chi connectivity index (χ0n) is 14.6. The fourth-order valence-corrected chi connectivity index (χ4v) is 2.87. The van der Waals surface area contributed by atoms with E-state index in [2.05, 4.69) is 19.6 Å². The maximum Gasteiger partial charge on any atom is 0.343 e. The van der Waals surface area contributed by atoms with E-state index < -0.39 is 16.5 Å². The molecule has 0 atom stereocenters. The topological polar surface area (TPSA) is 124 Å². The summed E-state index contributed by atoms with van der Waals surface area (Å²) in [5, 5.41) is 11.1. The van der Waals surface area contributed by atoms with E-state index in [0.29, 0.717) is 26.2 Å². The lowest BCUT2D eigenvalue weighted by Gasteiger charge is -2.35. The molecular weight excluding hydrogens is 356 g/mol. The number of carbonyl (C=O) groups is 1. The van der Waals surface area contributed by atoms with Crippen molar-refractivity contribution in [1.29, 1.82) is 0 Å². The van der Waals surface area contributed by atoms with Crippen molar-refractivity contribution in [2.45, 2.75) is 6.67 Å². The Bertz CT molecular complexity index is 892. The molecule has 0 bridgehead atoms. The second-order valence-electron chi connectivity index (χ2n) is 5.95. The number of methoxy groups -OCH3 is 1. The molecule has 3 rings (SSSR count). The average molecular weight is 374 g/mol. The molecule has 1 aliphatic rings. The van der Waals surface area contributed by atoms with Crippen molar-refractivity contribution in [2.75, 3.05) is 38.2 Å². The van der Waals surface area contributed by atoms with Crippen LogP contribution in [0.15, 0.2) is 35.6 Å². The maximum atomic E-state index is 12.5. The van der Waals surface area contributed by atoms with Crippen LogP contribution in [0.1, 0.15) is 10.4 Å². The zero-order valence-corrected chi connectivity index (χ0v) is 14.6. The van der Waals surface area contributed by atoms with Gasteiger partial charge in [-0.2, -0.15) is 0 Å². The monoisotopic (exact) mass is 374 g/mol. The first-order chi connectivity index (χ1) is 13.0. The number of nitrogens with zero attached hydrogens (tertiary/aromatic N) is 6. The Morgan fingerprint density at radius 3 is 2.63 bits per heavy atom. The first-order valence-electron chi connectivity index (χ1n) is 8.20. The SMILES string of the molecule is COC(=O)c1cc([N+](=O)[O-])cn(CN2CCN(c3cnccn3)CC2)c1=O. The molecule has 0 amide bonds. The smallest absolute Gasteiger partial charge is 0.343 e. The standard InChI is InChI=1S/C16H18N6O5/c1-27-16(24)13-8-12(22(25)26)10-21(15(13)23)11-19-4-6-20(7-5-19)14-9-17-2-3-18-14/h2-3,8-10H,4-7,11H2,1H3. The van der Waals surface area contributed by atoms with Gasteiger partial charge in [-0.3, -0.25) is 29.4 Å². The van der Waals surface area contributed by atoms with E-state index in [1.54, 1.807) is 18.6 Å². The van der Waals surface area contributed by atoms with Crippen molar-refractivity contribution in [3.63, 3.8) is 0 Å². The number of carbonyl (C=O) groups excluding carboxylic acids is 1. The Kier molecular flexibility index (Phi) is 5.41. The van der Waals surface area contributed by atoms with Crippen LogP contribution in [-0.4, -0.2) is 63.6 Å². The molecule has 27 heavy (non-hydrogen) atoms. The number of hydrogen-bond donors (Lipinski definition) is 0. The van der Waals surface area contributed by atoms with Crippen LogP contribution in [0, 0.1) is 10.1 Å². The molecule has 0 spiro atoms. The summed E-state index contributed by atoms with van der Waals surface area (Å²) in [5.41, 5.74) is -1.32. The highest BCUT2D eigenvalue weighted by Gasteiger charge is 2.23. The minimum atomic E-state index is -0.898. The van der Waals surface area contributed by atoms with Crippen molar-refractivity contribution in [2.24, 2.45) is 0 Å². The van der Waals surface area contributed by atoms with Gasteiger partial charge in [0.25, 0.3) is 11.2 Å². The number of piperazine rings is 1. The van der Waals surface area contributed by atoms with Crippen molar-refractivity contribution in [3.05, 3.63) is 56.9 Å². The molecular formula is C16H18N6O5. The van der Waals surface area contributed by atoms with Gasteiger partial charge >= 0.3 is 5.97 Å². The molecule has 0 unspecified atom stereocenters. The lowest BCUT2D eigenvalue weighted by Crippen LogP contribution is -2.48. The van der Waals surface area contributed by atoms with E-state index in [9.17, 15) is 19.7 Å². The van der Waals surface area contributed by atoms with Crippen LogP contribution in [-0.2, 0) is 11.4 Å². The normalized spacial score (nSPS) is 14.8. The van der Waals surface area contributed by atoms with Crippen molar-refractivity contribution >= 4 is 17.5 Å². The van der Waals surface area contributed by atoms with Crippen LogP contribution >= 0.6 is 0 Å². The second kappa shape index (κ2) is 7.91. The zero-order chi connectivity index (χ0) is 19.4. The number of esters is 1. The third kappa shape index (κ3) is 4.08. The summed E-state index contributed by atoms with van der Waals surface area (Å²) in [6.45, 7) is 2.73. The summed E-state index contributed by atoms with van der Waals surface area (Å²) in [5.74, 6) is -0.123. The highest BCUT2D eigenvalue weighted by molar-refractivity contribution is 5.89. The van der Waals surface area contributed by atoms with E-state index >= 15 is 0 Å². The number of hydrogen-bond acceptors (Lipinski definition) is 9. The third-order valence-corrected chi connectivity index (χ3v) is 4.29. The van der Waals surface area contributed by atoms with Crippen molar-refractivity contribution < 1.29 is 14.5 Å². The molecule has 2 aromatic rings. The molecule has 11 heteroatoms. The van der Waals surface area contributed by atoms with Crippen LogP contribution in [0.3, 0.4) is 0 Å². The van der Waals surface area contributed by atoms with Gasteiger partial charge in [-0.15, -0.1) is 0 Å². The van der Waals surface area contributed by atoms with E-state index in [1.165, 1.54) is 4.57 Å². The van der Waals surface area contributed by atoms with Crippen LogP contribution in [0.4, 0.5) is 11.5 Å². The molecule has 0 saturated carbocycles. The Morgan fingerprint density at radius 1 is 1.30 bits per heavy atom. The first-order valence-corrected chi connectivity index (χ1v) is 8.20. The summed E-state index contributed by atoms with van der Waals surface area (Å²) < 4.78 is 5.72. The highest BCUT2D eigenvalue weighted by Crippen LogP contribution is 2.14. The van der Waals surface area contributed by atoms with Crippen LogP contribution < -0.4 is 10.5 Å². The number of ether oxygens (including phenoxy) is 1. The van der Waals surface area contributed by atoms with E-state index in [0.717, 1.165) is 25.2 Å². The lowest BCUT2D eigenvalue weighted by molar-refractivity contribution is -0.385. The lowest BCUT2D eigenvalue weighted by atomic mass is 10.2. The van der Waals surface area contributed by atoms with Gasteiger partial charge in [0, 0.05) is 44.6 Å². The Hall–Kier alpha value is -3.34. The number of pyridine rings is 1. The largest absolute Gasteiger partial charge is 0.465 e. The molecule has 1 aliphatic heterocycles. The molecule has 0 radical (unpaired) electrons. The molecule has 0 aromatic carbocycles. The van der Waals surface area contributed by atoms with Gasteiger partial charge in [0.05, 0.1) is 31.1 Å². The summed E-state index contributed by atoms with van der Waals surface area (Å²) >= 11 is 0. The molecule has 1 fully saturated rings. The summed E-state index contributed by atoms with van der Waals surface area (Å²) in [6, 6.07) is 0.941. The molecule has 3 heterocycles. The van der Waals surface area contributed by atoms with E-state index in [-0.39, 0.29) is 17.9 Å². The average Bonchev–Trinajstić information content (AvgIpc) is 2.70. The van der Waals surface area contributed by atoms with E-state index in [4.69, 9.17) is 0 Å². The van der Waals surface area contributed by atoms with Gasteiger partial charge in [-0.25, -0.2) is 9.78 Å². The minimum absolute atomic E-state index is 0.138.